The molecule has 8 heteroatoms. The SMILES string of the molecule is Nc1ncc(-c2ccc(Cl)cc2)c(C2CCCN2CC(=O)Nc2ccccn2)n1. The molecule has 29 heavy (non-hydrogen) atoms. The number of pyridine rings is 1. The number of halogens is 1. The van der Waals surface area contributed by atoms with Crippen LogP contribution in [0.3, 0.4) is 0 Å². The van der Waals surface area contributed by atoms with Crippen molar-refractivity contribution in [1.82, 2.24) is 19.9 Å². The van der Waals surface area contributed by atoms with Crippen LogP contribution in [0.2, 0.25) is 5.02 Å². The van der Waals surface area contributed by atoms with Gasteiger partial charge in [0.05, 0.1) is 18.3 Å². The number of carbonyl (C=O) groups is 1. The van der Waals surface area contributed by atoms with Crippen LogP contribution in [0.1, 0.15) is 24.6 Å². The van der Waals surface area contributed by atoms with Crippen LogP contribution < -0.4 is 11.1 Å². The van der Waals surface area contributed by atoms with Crippen molar-refractivity contribution in [1.29, 1.82) is 0 Å². The highest BCUT2D eigenvalue weighted by atomic mass is 35.5. The maximum atomic E-state index is 12.5. The van der Waals surface area contributed by atoms with E-state index < -0.39 is 0 Å². The third-order valence-electron chi connectivity index (χ3n) is 4.95. The average Bonchev–Trinajstić information content (AvgIpc) is 3.17. The fourth-order valence-electron chi connectivity index (χ4n) is 3.64. The summed E-state index contributed by atoms with van der Waals surface area (Å²) in [5.41, 5.74) is 8.60. The number of hydrogen-bond donors (Lipinski definition) is 2. The molecule has 0 saturated carbocycles. The number of aromatic nitrogens is 3. The molecule has 1 atom stereocenters. The minimum atomic E-state index is -0.106. The van der Waals surface area contributed by atoms with Crippen molar-refractivity contribution in [2.24, 2.45) is 0 Å². The molecular formula is C21H21ClN6O. The molecule has 2 aromatic heterocycles. The molecule has 3 aromatic rings. The van der Waals surface area contributed by atoms with Crippen molar-refractivity contribution in [2.75, 3.05) is 24.1 Å². The highest BCUT2D eigenvalue weighted by molar-refractivity contribution is 6.30. The molecule has 148 valence electrons. The third-order valence-corrected chi connectivity index (χ3v) is 5.20. The summed E-state index contributed by atoms with van der Waals surface area (Å²) in [6.07, 6.45) is 5.26. The normalized spacial score (nSPS) is 16.7. The molecule has 1 unspecified atom stereocenters. The Bertz CT molecular complexity index is 996. The van der Waals surface area contributed by atoms with Crippen LogP contribution in [0.15, 0.2) is 54.9 Å². The van der Waals surface area contributed by atoms with Crippen LogP contribution >= 0.6 is 11.6 Å². The molecule has 1 amide bonds. The van der Waals surface area contributed by atoms with Gasteiger partial charge in [0.2, 0.25) is 11.9 Å². The summed E-state index contributed by atoms with van der Waals surface area (Å²) in [7, 11) is 0. The van der Waals surface area contributed by atoms with E-state index in [1.807, 2.05) is 36.4 Å². The summed E-state index contributed by atoms with van der Waals surface area (Å²) in [5.74, 6) is 0.662. The van der Waals surface area contributed by atoms with E-state index in [1.165, 1.54) is 0 Å². The number of nitrogens with zero attached hydrogens (tertiary/aromatic N) is 4. The second kappa shape index (κ2) is 8.55. The van der Waals surface area contributed by atoms with E-state index in [4.69, 9.17) is 17.3 Å². The van der Waals surface area contributed by atoms with Gasteiger partial charge in [-0.15, -0.1) is 0 Å². The van der Waals surface area contributed by atoms with Crippen molar-refractivity contribution >= 4 is 29.3 Å². The lowest BCUT2D eigenvalue weighted by atomic mass is 10.00. The van der Waals surface area contributed by atoms with E-state index in [1.54, 1.807) is 18.5 Å². The van der Waals surface area contributed by atoms with E-state index in [-0.39, 0.29) is 24.4 Å². The fraction of sp³-hybridized carbons (Fsp3) is 0.238. The standard InChI is InChI=1S/C21H21ClN6O/c22-15-8-6-14(7-9-15)16-12-25-21(23)27-20(16)17-4-3-11-28(17)13-19(29)26-18-5-1-2-10-24-18/h1-2,5-10,12,17H,3-4,11,13H2,(H2,23,25,27)(H,24,26,29). The second-order valence-electron chi connectivity index (χ2n) is 6.93. The first kappa shape index (κ1) is 19.3. The number of hydrogen-bond acceptors (Lipinski definition) is 6. The van der Waals surface area contributed by atoms with Gasteiger partial charge in [-0.2, -0.15) is 0 Å². The Kier molecular flexibility index (Phi) is 5.69. The zero-order chi connectivity index (χ0) is 20.2. The minimum absolute atomic E-state index is 0.0135. The smallest absolute Gasteiger partial charge is 0.239 e. The van der Waals surface area contributed by atoms with E-state index in [0.29, 0.717) is 10.8 Å². The second-order valence-corrected chi connectivity index (χ2v) is 7.36. The monoisotopic (exact) mass is 408 g/mol. The number of rotatable bonds is 5. The first-order valence-electron chi connectivity index (χ1n) is 9.43. The lowest BCUT2D eigenvalue weighted by molar-refractivity contribution is -0.117. The molecule has 1 aliphatic heterocycles. The highest BCUT2D eigenvalue weighted by Crippen LogP contribution is 2.36. The van der Waals surface area contributed by atoms with Gasteiger partial charge in [-0.3, -0.25) is 9.69 Å². The van der Waals surface area contributed by atoms with Gasteiger partial charge in [0.15, 0.2) is 0 Å². The molecule has 4 rings (SSSR count). The van der Waals surface area contributed by atoms with Crippen LogP contribution in [0, 0.1) is 0 Å². The van der Waals surface area contributed by atoms with E-state index >= 15 is 0 Å². The molecule has 1 fully saturated rings. The Morgan fingerprint density at radius 3 is 2.79 bits per heavy atom. The minimum Gasteiger partial charge on any atom is -0.368 e. The van der Waals surface area contributed by atoms with Crippen molar-refractivity contribution in [3.05, 3.63) is 65.6 Å². The van der Waals surface area contributed by atoms with Crippen molar-refractivity contribution < 1.29 is 4.79 Å². The third kappa shape index (κ3) is 4.52. The molecular weight excluding hydrogens is 388 g/mol. The first-order valence-corrected chi connectivity index (χ1v) is 9.81. The van der Waals surface area contributed by atoms with Gasteiger partial charge in [-0.05, 0) is 49.2 Å². The van der Waals surface area contributed by atoms with Gasteiger partial charge < -0.3 is 11.1 Å². The van der Waals surface area contributed by atoms with Gasteiger partial charge in [-0.1, -0.05) is 29.8 Å². The number of benzene rings is 1. The number of carbonyl (C=O) groups excluding carboxylic acids is 1. The summed E-state index contributed by atoms with van der Waals surface area (Å²) in [6.45, 7) is 1.06. The Morgan fingerprint density at radius 2 is 2.03 bits per heavy atom. The lowest BCUT2D eigenvalue weighted by Gasteiger charge is -2.25. The molecule has 3 heterocycles. The summed E-state index contributed by atoms with van der Waals surface area (Å²) in [5, 5.41) is 3.51. The van der Waals surface area contributed by atoms with Crippen molar-refractivity contribution in [3.8, 4) is 11.1 Å². The van der Waals surface area contributed by atoms with E-state index in [2.05, 4.69) is 25.2 Å². The van der Waals surface area contributed by atoms with Crippen LogP contribution in [0.4, 0.5) is 11.8 Å². The Labute approximate surface area is 174 Å². The van der Waals surface area contributed by atoms with Gasteiger partial charge in [-0.25, -0.2) is 15.0 Å². The molecule has 7 nitrogen and oxygen atoms in total. The molecule has 1 saturated heterocycles. The molecule has 0 aliphatic carbocycles. The topological polar surface area (TPSA) is 97.0 Å². The first-order chi connectivity index (χ1) is 14.1. The average molecular weight is 409 g/mol. The predicted octanol–water partition coefficient (Wildman–Crippen LogP) is 3.55. The van der Waals surface area contributed by atoms with Crippen LogP contribution in [-0.4, -0.2) is 38.8 Å². The molecule has 0 bridgehead atoms. The molecule has 1 aliphatic rings. The number of amides is 1. The van der Waals surface area contributed by atoms with E-state index in [0.717, 1.165) is 36.2 Å². The predicted molar refractivity (Wildman–Crippen MR) is 113 cm³/mol. The largest absolute Gasteiger partial charge is 0.368 e. The number of nitrogen functional groups attached to an aromatic ring is 1. The van der Waals surface area contributed by atoms with Gasteiger partial charge >= 0.3 is 0 Å². The molecule has 1 aromatic carbocycles. The number of nitrogens with two attached hydrogens (primary N) is 1. The van der Waals surface area contributed by atoms with Crippen LogP contribution in [0.5, 0.6) is 0 Å². The van der Waals surface area contributed by atoms with Gasteiger partial charge in [0.1, 0.15) is 5.82 Å². The van der Waals surface area contributed by atoms with E-state index in [9.17, 15) is 4.79 Å². The zero-order valence-corrected chi connectivity index (χ0v) is 16.5. The van der Waals surface area contributed by atoms with Gasteiger partial charge in [0, 0.05) is 23.0 Å². The van der Waals surface area contributed by atoms with Crippen LogP contribution in [-0.2, 0) is 4.79 Å². The quantitative estimate of drug-likeness (QED) is 0.670. The zero-order valence-electron chi connectivity index (χ0n) is 15.8. The molecule has 0 spiro atoms. The van der Waals surface area contributed by atoms with Gasteiger partial charge in [0.25, 0.3) is 0 Å². The maximum Gasteiger partial charge on any atom is 0.239 e. The molecule has 3 N–H and O–H groups in total. The Morgan fingerprint density at radius 1 is 1.21 bits per heavy atom. The number of likely N-dealkylation sites (tertiary alicyclic amines) is 1. The van der Waals surface area contributed by atoms with Crippen molar-refractivity contribution in [3.63, 3.8) is 0 Å². The lowest BCUT2D eigenvalue weighted by Crippen LogP contribution is -2.33. The summed E-state index contributed by atoms with van der Waals surface area (Å²) < 4.78 is 0. The highest BCUT2D eigenvalue weighted by Gasteiger charge is 2.31. The van der Waals surface area contributed by atoms with Crippen molar-refractivity contribution in [2.45, 2.75) is 18.9 Å². The Balaban J connectivity index is 1.57. The fourth-order valence-corrected chi connectivity index (χ4v) is 3.77. The summed E-state index contributed by atoms with van der Waals surface area (Å²) >= 11 is 6.03. The number of nitrogens with one attached hydrogen (secondary N) is 1. The summed E-state index contributed by atoms with van der Waals surface area (Å²) in [6, 6.07) is 13.0. The Hall–Kier alpha value is -3.03. The maximum absolute atomic E-state index is 12.5. The number of anilines is 2. The molecule has 0 radical (unpaired) electrons. The van der Waals surface area contributed by atoms with Crippen LogP contribution in [0.25, 0.3) is 11.1 Å². The summed E-state index contributed by atoms with van der Waals surface area (Å²) in [4.78, 5) is 27.5.